The fourth-order valence-electron chi connectivity index (χ4n) is 2.79. The van der Waals surface area contributed by atoms with E-state index in [9.17, 15) is 4.79 Å². The van der Waals surface area contributed by atoms with E-state index in [4.69, 9.17) is 16.3 Å². The third-order valence-electron chi connectivity index (χ3n) is 4.00. The Labute approximate surface area is 137 Å². The van der Waals surface area contributed by atoms with E-state index < -0.39 is 0 Å². The molecule has 1 heterocycles. The van der Waals surface area contributed by atoms with Crippen molar-refractivity contribution in [3.05, 3.63) is 23.2 Å². The van der Waals surface area contributed by atoms with Crippen LogP contribution in [0.25, 0.3) is 0 Å². The van der Waals surface area contributed by atoms with Gasteiger partial charge in [0, 0.05) is 5.69 Å². The molecule has 5 nitrogen and oxygen atoms in total. The van der Waals surface area contributed by atoms with Crippen molar-refractivity contribution < 1.29 is 9.53 Å². The van der Waals surface area contributed by atoms with Crippen molar-refractivity contribution in [3.63, 3.8) is 0 Å². The highest BCUT2D eigenvalue weighted by molar-refractivity contribution is 6.32. The number of hydrogen-bond donors (Lipinski definition) is 2. The number of hydrogen-bond acceptors (Lipinski definition) is 4. The molecule has 6 heteroatoms. The second-order valence-corrected chi connectivity index (χ2v) is 6.08. The maximum atomic E-state index is 12.1. The zero-order valence-corrected chi connectivity index (χ0v) is 13.9. The number of carbonyl (C=O) groups excluding carboxylic acids is 1. The Bertz CT molecular complexity index is 502. The van der Waals surface area contributed by atoms with E-state index in [0.29, 0.717) is 23.0 Å². The van der Waals surface area contributed by atoms with Crippen molar-refractivity contribution in [2.45, 2.75) is 12.8 Å². The Morgan fingerprint density at radius 2 is 2.14 bits per heavy atom. The Morgan fingerprint density at radius 3 is 2.73 bits per heavy atom. The van der Waals surface area contributed by atoms with Crippen molar-refractivity contribution >= 4 is 23.2 Å². The normalized spacial score (nSPS) is 16.5. The van der Waals surface area contributed by atoms with E-state index in [1.54, 1.807) is 25.3 Å². The predicted molar refractivity (Wildman–Crippen MR) is 89.7 cm³/mol. The summed E-state index contributed by atoms with van der Waals surface area (Å²) >= 11 is 6.06. The molecule has 2 N–H and O–H groups in total. The highest BCUT2D eigenvalue weighted by Crippen LogP contribution is 2.27. The van der Waals surface area contributed by atoms with Crippen LogP contribution in [-0.2, 0) is 4.79 Å². The lowest BCUT2D eigenvalue weighted by Gasteiger charge is -2.31. The summed E-state index contributed by atoms with van der Waals surface area (Å²) in [5, 5.41) is 6.60. The van der Waals surface area contributed by atoms with Crippen LogP contribution in [0.5, 0.6) is 5.75 Å². The number of ether oxygens (including phenoxy) is 1. The molecular formula is C16H24ClN3O2. The summed E-state index contributed by atoms with van der Waals surface area (Å²) in [5.41, 5.74) is 0.695. The number of anilines is 1. The van der Waals surface area contributed by atoms with Crippen LogP contribution in [0.15, 0.2) is 18.2 Å². The number of nitrogens with one attached hydrogen (secondary N) is 2. The molecule has 0 saturated carbocycles. The van der Waals surface area contributed by atoms with Crippen molar-refractivity contribution in [2.24, 2.45) is 5.92 Å². The minimum atomic E-state index is -0.00620. The average Bonchev–Trinajstić information content (AvgIpc) is 2.50. The molecule has 2 rings (SSSR count). The lowest BCUT2D eigenvalue weighted by atomic mass is 9.97. The van der Waals surface area contributed by atoms with Gasteiger partial charge in [-0.15, -0.1) is 0 Å². The van der Waals surface area contributed by atoms with Gasteiger partial charge < -0.3 is 15.4 Å². The van der Waals surface area contributed by atoms with Gasteiger partial charge in [-0.2, -0.15) is 0 Å². The first-order chi connectivity index (χ1) is 10.6. The van der Waals surface area contributed by atoms with Crippen molar-refractivity contribution in [2.75, 3.05) is 45.7 Å². The highest BCUT2D eigenvalue weighted by Gasteiger charge is 2.20. The number of nitrogens with zero attached hydrogens (tertiary/aromatic N) is 1. The number of rotatable bonds is 6. The molecule has 1 amide bonds. The van der Waals surface area contributed by atoms with Gasteiger partial charge in [0.15, 0.2) is 0 Å². The van der Waals surface area contributed by atoms with Crippen molar-refractivity contribution in [1.29, 1.82) is 0 Å². The molecule has 1 aliphatic rings. The predicted octanol–water partition coefficient (Wildman–Crippen LogP) is 2.22. The molecule has 1 aromatic carbocycles. The maximum absolute atomic E-state index is 12.1. The van der Waals surface area contributed by atoms with E-state index >= 15 is 0 Å². The van der Waals surface area contributed by atoms with Crippen LogP contribution in [0.4, 0.5) is 5.69 Å². The number of methoxy groups -OCH3 is 1. The molecule has 1 fully saturated rings. The van der Waals surface area contributed by atoms with Gasteiger partial charge in [0.05, 0.1) is 18.7 Å². The zero-order valence-electron chi connectivity index (χ0n) is 13.2. The third-order valence-corrected chi connectivity index (χ3v) is 4.30. The number of amides is 1. The molecule has 0 bridgehead atoms. The standard InChI is InChI=1S/C16H24ClN3O2/c1-18-10-12-5-7-20(8-6-12)11-16(21)19-13-3-4-15(22-2)14(17)9-13/h3-4,9,12,18H,5-8,10-11H2,1-2H3,(H,19,21). The van der Waals surface area contributed by atoms with E-state index in [-0.39, 0.29) is 5.91 Å². The lowest BCUT2D eigenvalue weighted by Crippen LogP contribution is -2.40. The molecule has 0 unspecified atom stereocenters. The van der Waals surface area contributed by atoms with Crippen LogP contribution in [0.2, 0.25) is 5.02 Å². The summed E-state index contributed by atoms with van der Waals surface area (Å²) in [4.78, 5) is 14.3. The molecule has 122 valence electrons. The summed E-state index contributed by atoms with van der Waals surface area (Å²) in [6.07, 6.45) is 2.28. The summed E-state index contributed by atoms with van der Waals surface area (Å²) in [6.45, 7) is 3.44. The number of piperidine rings is 1. The fourth-order valence-corrected chi connectivity index (χ4v) is 3.04. The minimum absolute atomic E-state index is 0.00620. The first kappa shape index (κ1) is 17.1. The molecule has 0 radical (unpaired) electrons. The van der Waals surface area contributed by atoms with Crippen molar-refractivity contribution in [1.82, 2.24) is 10.2 Å². The van der Waals surface area contributed by atoms with Crippen LogP contribution >= 0.6 is 11.6 Å². The van der Waals surface area contributed by atoms with Crippen molar-refractivity contribution in [3.8, 4) is 5.75 Å². The third kappa shape index (κ3) is 4.87. The van der Waals surface area contributed by atoms with Gasteiger partial charge >= 0.3 is 0 Å². The van der Waals surface area contributed by atoms with E-state index in [2.05, 4.69) is 15.5 Å². The monoisotopic (exact) mass is 325 g/mol. The van der Waals surface area contributed by atoms with E-state index in [0.717, 1.165) is 38.4 Å². The van der Waals surface area contributed by atoms with Crippen LogP contribution in [0.1, 0.15) is 12.8 Å². The summed E-state index contributed by atoms with van der Waals surface area (Å²) in [6, 6.07) is 5.25. The van der Waals surface area contributed by atoms with Gasteiger partial charge in [-0.3, -0.25) is 9.69 Å². The van der Waals surface area contributed by atoms with Gasteiger partial charge in [-0.05, 0) is 63.6 Å². The topological polar surface area (TPSA) is 53.6 Å². The summed E-state index contributed by atoms with van der Waals surface area (Å²) in [7, 11) is 3.55. The van der Waals surface area contributed by atoms with Gasteiger partial charge in [-0.25, -0.2) is 0 Å². The fraction of sp³-hybridized carbons (Fsp3) is 0.562. The largest absolute Gasteiger partial charge is 0.495 e. The quantitative estimate of drug-likeness (QED) is 0.842. The van der Waals surface area contributed by atoms with Gasteiger partial charge in [0.25, 0.3) is 0 Å². The van der Waals surface area contributed by atoms with Crippen LogP contribution in [0, 0.1) is 5.92 Å². The molecule has 1 saturated heterocycles. The summed E-state index contributed by atoms with van der Waals surface area (Å²) in [5.74, 6) is 1.32. The Morgan fingerprint density at radius 1 is 1.41 bits per heavy atom. The van der Waals surface area contributed by atoms with Crippen LogP contribution in [0.3, 0.4) is 0 Å². The maximum Gasteiger partial charge on any atom is 0.238 e. The van der Waals surface area contributed by atoms with E-state index in [1.165, 1.54) is 0 Å². The zero-order chi connectivity index (χ0) is 15.9. The van der Waals surface area contributed by atoms with E-state index in [1.807, 2.05) is 7.05 Å². The molecule has 1 aromatic rings. The Balaban J connectivity index is 1.80. The van der Waals surface area contributed by atoms with Gasteiger partial charge in [0.1, 0.15) is 5.75 Å². The Hall–Kier alpha value is -1.30. The first-order valence-electron chi connectivity index (χ1n) is 7.62. The SMILES string of the molecule is CNCC1CCN(CC(=O)Nc2ccc(OC)c(Cl)c2)CC1. The highest BCUT2D eigenvalue weighted by atomic mass is 35.5. The minimum Gasteiger partial charge on any atom is -0.495 e. The number of likely N-dealkylation sites (tertiary alicyclic amines) is 1. The number of halogens is 1. The molecule has 1 aliphatic heterocycles. The second-order valence-electron chi connectivity index (χ2n) is 5.67. The van der Waals surface area contributed by atoms with Gasteiger partial charge in [0.2, 0.25) is 5.91 Å². The summed E-state index contributed by atoms with van der Waals surface area (Å²) < 4.78 is 5.10. The number of benzene rings is 1. The lowest BCUT2D eigenvalue weighted by molar-refractivity contribution is -0.117. The smallest absolute Gasteiger partial charge is 0.238 e. The molecule has 0 aromatic heterocycles. The number of carbonyl (C=O) groups is 1. The Kier molecular flexibility index (Phi) is 6.49. The average molecular weight is 326 g/mol. The molecule has 0 aliphatic carbocycles. The molecule has 0 spiro atoms. The molecular weight excluding hydrogens is 302 g/mol. The second kappa shape index (κ2) is 8.36. The molecule has 0 atom stereocenters. The van der Waals surface area contributed by atoms with Crippen LogP contribution < -0.4 is 15.4 Å². The molecule has 22 heavy (non-hydrogen) atoms. The van der Waals surface area contributed by atoms with Gasteiger partial charge in [-0.1, -0.05) is 11.6 Å². The van der Waals surface area contributed by atoms with Crippen LogP contribution in [-0.4, -0.2) is 51.1 Å². The first-order valence-corrected chi connectivity index (χ1v) is 8.00.